The number of sulfone groups is 1. The molecule has 0 fully saturated rings. The molecule has 3 aromatic rings. The maximum absolute atomic E-state index is 13.0. The first-order valence-electron chi connectivity index (χ1n) is 10.9. The minimum Gasteiger partial charge on any atom is -0.496 e. The van der Waals surface area contributed by atoms with Crippen LogP contribution in [0.15, 0.2) is 52.8 Å². The quantitative estimate of drug-likeness (QED) is 0.243. The SMILES string of the molecule is COc1cc(OC)c(C=CS(=O)(=O)Cc2ccc(OC)c(-c3c(N)ccc(S(=O)(=O)O)c3N)c2)c(OC)c1. The van der Waals surface area contributed by atoms with Gasteiger partial charge in [-0.15, -0.1) is 0 Å². The van der Waals surface area contributed by atoms with E-state index < -0.39 is 30.6 Å². The van der Waals surface area contributed by atoms with Crippen molar-refractivity contribution in [2.75, 3.05) is 39.9 Å². The van der Waals surface area contributed by atoms with Crippen molar-refractivity contribution in [2.45, 2.75) is 10.6 Å². The Kier molecular flexibility index (Phi) is 8.44. The molecule has 0 radical (unpaired) electrons. The normalized spacial score (nSPS) is 11.9. The Morgan fingerprint density at radius 1 is 0.816 bits per heavy atom. The zero-order valence-corrected chi connectivity index (χ0v) is 22.7. The number of methoxy groups -OCH3 is 4. The van der Waals surface area contributed by atoms with Crippen molar-refractivity contribution >= 4 is 37.4 Å². The fourth-order valence-corrected chi connectivity index (χ4v) is 5.54. The molecule has 0 aliphatic rings. The van der Waals surface area contributed by atoms with Gasteiger partial charge < -0.3 is 30.4 Å². The molecule has 0 bridgehead atoms. The summed E-state index contributed by atoms with van der Waals surface area (Å²) in [5.41, 5.74) is 13.0. The fraction of sp³-hybridized carbons (Fsp3) is 0.200. The molecule has 0 atom stereocenters. The summed E-state index contributed by atoms with van der Waals surface area (Å²) in [7, 11) is -2.73. The molecule has 0 spiro atoms. The second-order valence-corrected chi connectivity index (χ2v) is 11.3. The van der Waals surface area contributed by atoms with Gasteiger partial charge in [0.1, 0.15) is 27.9 Å². The van der Waals surface area contributed by atoms with E-state index in [1.54, 1.807) is 18.2 Å². The number of nitrogen functional groups attached to an aromatic ring is 2. The van der Waals surface area contributed by atoms with Crippen LogP contribution >= 0.6 is 0 Å². The minimum absolute atomic E-state index is 0.0828. The molecule has 3 aromatic carbocycles. The van der Waals surface area contributed by atoms with Gasteiger partial charge in [0.2, 0.25) is 0 Å². The highest BCUT2D eigenvalue weighted by Crippen LogP contribution is 2.41. The molecule has 0 saturated heterocycles. The van der Waals surface area contributed by atoms with Crippen LogP contribution in [0.25, 0.3) is 17.2 Å². The van der Waals surface area contributed by atoms with Crippen LogP contribution in [0.1, 0.15) is 11.1 Å². The van der Waals surface area contributed by atoms with Crippen LogP contribution in [0.2, 0.25) is 0 Å². The van der Waals surface area contributed by atoms with Gasteiger partial charge in [0.15, 0.2) is 9.84 Å². The van der Waals surface area contributed by atoms with E-state index in [4.69, 9.17) is 30.4 Å². The monoisotopic (exact) mass is 564 g/mol. The Hall–Kier alpha value is -3.94. The third-order valence-electron chi connectivity index (χ3n) is 5.61. The van der Waals surface area contributed by atoms with Gasteiger partial charge in [-0.05, 0) is 35.9 Å². The second-order valence-electron chi connectivity index (χ2n) is 8.01. The average molecular weight is 565 g/mol. The first kappa shape index (κ1) is 28.6. The Morgan fingerprint density at radius 2 is 1.42 bits per heavy atom. The lowest BCUT2D eigenvalue weighted by Crippen LogP contribution is -2.07. The van der Waals surface area contributed by atoms with Gasteiger partial charge in [-0.2, -0.15) is 8.42 Å². The summed E-state index contributed by atoms with van der Waals surface area (Å²) in [4.78, 5) is -0.535. The third kappa shape index (κ3) is 6.13. The lowest BCUT2D eigenvalue weighted by molar-refractivity contribution is 0.374. The van der Waals surface area contributed by atoms with E-state index in [0.717, 1.165) is 11.5 Å². The highest BCUT2D eigenvalue weighted by atomic mass is 32.2. The molecule has 0 heterocycles. The van der Waals surface area contributed by atoms with Gasteiger partial charge in [0.25, 0.3) is 10.1 Å². The van der Waals surface area contributed by atoms with Crippen LogP contribution in [0.5, 0.6) is 23.0 Å². The number of ether oxygens (including phenoxy) is 4. The molecule has 0 aliphatic carbocycles. The minimum atomic E-state index is -4.64. The van der Waals surface area contributed by atoms with Crippen molar-refractivity contribution in [3.8, 4) is 34.1 Å². The van der Waals surface area contributed by atoms with Crippen LogP contribution in [-0.4, -0.2) is 49.8 Å². The van der Waals surface area contributed by atoms with Crippen LogP contribution < -0.4 is 30.4 Å². The molecular formula is C25H28N2O9S2. The first-order chi connectivity index (χ1) is 17.8. The Morgan fingerprint density at radius 3 is 1.95 bits per heavy atom. The molecule has 0 aliphatic heterocycles. The van der Waals surface area contributed by atoms with Gasteiger partial charge in [0.05, 0.1) is 45.4 Å². The second kappa shape index (κ2) is 11.2. The summed E-state index contributed by atoms with van der Waals surface area (Å²) >= 11 is 0. The number of rotatable bonds is 10. The maximum Gasteiger partial charge on any atom is 0.296 e. The van der Waals surface area contributed by atoms with E-state index in [0.29, 0.717) is 28.4 Å². The van der Waals surface area contributed by atoms with Crippen molar-refractivity contribution in [2.24, 2.45) is 0 Å². The number of benzene rings is 3. The first-order valence-corrected chi connectivity index (χ1v) is 14.0. The van der Waals surface area contributed by atoms with Crippen LogP contribution in [0.3, 0.4) is 0 Å². The van der Waals surface area contributed by atoms with Gasteiger partial charge in [-0.1, -0.05) is 6.07 Å². The van der Waals surface area contributed by atoms with Gasteiger partial charge in [-0.25, -0.2) is 8.42 Å². The van der Waals surface area contributed by atoms with Gasteiger partial charge in [-0.3, -0.25) is 4.55 Å². The largest absolute Gasteiger partial charge is 0.496 e. The smallest absolute Gasteiger partial charge is 0.296 e. The van der Waals surface area contributed by atoms with E-state index in [1.165, 1.54) is 52.7 Å². The topological polar surface area (TPSA) is 177 Å². The highest BCUT2D eigenvalue weighted by molar-refractivity contribution is 7.93. The molecule has 38 heavy (non-hydrogen) atoms. The van der Waals surface area contributed by atoms with E-state index in [-0.39, 0.29) is 28.3 Å². The Balaban J connectivity index is 2.05. The Bertz CT molecular complexity index is 1570. The molecule has 0 aromatic heterocycles. The number of nitrogens with two attached hydrogens (primary N) is 2. The molecule has 0 amide bonds. The molecule has 0 saturated carbocycles. The summed E-state index contributed by atoms with van der Waals surface area (Å²) in [6, 6.07) is 10.1. The predicted octanol–water partition coefficient (Wildman–Crippen LogP) is 3.38. The average Bonchev–Trinajstić information content (AvgIpc) is 2.86. The van der Waals surface area contributed by atoms with E-state index >= 15 is 0 Å². The molecule has 3 rings (SSSR count). The molecule has 0 unspecified atom stereocenters. The van der Waals surface area contributed by atoms with Crippen molar-refractivity contribution in [3.63, 3.8) is 0 Å². The lowest BCUT2D eigenvalue weighted by Gasteiger charge is -2.16. The van der Waals surface area contributed by atoms with Crippen molar-refractivity contribution in [1.29, 1.82) is 0 Å². The summed E-state index contributed by atoms with van der Waals surface area (Å²) < 4.78 is 80.4. The number of hydrogen-bond donors (Lipinski definition) is 3. The molecule has 5 N–H and O–H groups in total. The highest BCUT2D eigenvalue weighted by Gasteiger charge is 2.22. The molecular weight excluding hydrogens is 536 g/mol. The summed E-state index contributed by atoms with van der Waals surface area (Å²) in [5.74, 6) is 1.02. The van der Waals surface area contributed by atoms with Gasteiger partial charge in [0, 0.05) is 34.4 Å². The maximum atomic E-state index is 13.0. The van der Waals surface area contributed by atoms with Crippen molar-refractivity contribution in [3.05, 3.63) is 59.0 Å². The van der Waals surface area contributed by atoms with Crippen LogP contribution in [0, 0.1) is 0 Å². The van der Waals surface area contributed by atoms with Gasteiger partial charge >= 0.3 is 0 Å². The zero-order chi connectivity index (χ0) is 28.3. The van der Waals surface area contributed by atoms with E-state index in [1.807, 2.05) is 0 Å². The summed E-state index contributed by atoms with van der Waals surface area (Å²) in [5, 5.41) is 1.03. The van der Waals surface area contributed by atoms with Crippen LogP contribution in [-0.2, 0) is 25.7 Å². The summed E-state index contributed by atoms with van der Waals surface area (Å²) in [6.45, 7) is 0. The standard InChI is InChI=1S/C25H28N2O9S2/c1-33-16-12-21(35-3)17(22(13-16)36-4)9-10-37(28,29)14-15-5-7-20(34-2)18(11-15)24-19(26)6-8-23(25(24)27)38(30,31)32/h5-13H,14,26-27H2,1-4H3,(H,30,31,32). The fourth-order valence-electron chi connectivity index (χ4n) is 3.83. The zero-order valence-electron chi connectivity index (χ0n) is 21.1. The van der Waals surface area contributed by atoms with Crippen LogP contribution in [0.4, 0.5) is 11.4 Å². The predicted molar refractivity (Wildman–Crippen MR) is 145 cm³/mol. The summed E-state index contributed by atoms with van der Waals surface area (Å²) in [6.07, 6.45) is 1.36. The third-order valence-corrected chi connectivity index (χ3v) is 7.81. The van der Waals surface area contributed by atoms with E-state index in [9.17, 15) is 21.4 Å². The lowest BCUT2D eigenvalue weighted by atomic mass is 9.99. The molecule has 204 valence electrons. The van der Waals surface area contributed by atoms with Crippen molar-refractivity contribution in [1.82, 2.24) is 0 Å². The number of hydrogen-bond acceptors (Lipinski definition) is 10. The molecule has 13 heteroatoms. The van der Waals surface area contributed by atoms with E-state index in [2.05, 4.69) is 0 Å². The Labute approximate surface area is 221 Å². The molecule has 11 nitrogen and oxygen atoms in total. The van der Waals surface area contributed by atoms with Crippen molar-refractivity contribution < 1.29 is 40.3 Å². The number of anilines is 2.